The molecule has 0 aromatic heterocycles. The minimum Gasteiger partial charge on any atom is -0.508 e. The molecule has 6 nitrogen and oxygen atoms in total. The van der Waals surface area contributed by atoms with Gasteiger partial charge in [0.05, 0.1) is 0 Å². The van der Waals surface area contributed by atoms with Gasteiger partial charge in [0.25, 0.3) is 0 Å². The standard InChI is InChI=1S/C22H30N2O4/c25-19-9-5-7-17-13-23(15-27-21(17)19)11-3-1-2-4-12-24-14-18-8-6-10-20(26)22(18)28-16-24/h5,7-9,25-26H,1-4,6,10-16H2. The van der Waals surface area contributed by atoms with Crippen molar-refractivity contribution >= 4 is 0 Å². The van der Waals surface area contributed by atoms with Crippen LogP contribution in [0.4, 0.5) is 0 Å². The van der Waals surface area contributed by atoms with Gasteiger partial charge in [0.15, 0.2) is 17.3 Å². The Balaban J connectivity index is 1.11. The number of aliphatic hydroxyl groups is 1. The molecule has 152 valence electrons. The van der Waals surface area contributed by atoms with E-state index in [2.05, 4.69) is 15.9 Å². The molecule has 0 bridgehead atoms. The Labute approximate surface area is 166 Å². The Hall–Kier alpha value is -2.18. The molecule has 0 unspecified atom stereocenters. The van der Waals surface area contributed by atoms with Crippen LogP contribution in [0.5, 0.6) is 11.5 Å². The molecule has 28 heavy (non-hydrogen) atoms. The van der Waals surface area contributed by atoms with Crippen LogP contribution in [0, 0.1) is 0 Å². The quantitative estimate of drug-likeness (QED) is 0.693. The Morgan fingerprint density at radius 3 is 2.46 bits per heavy atom. The van der Waals surface area contributed by atoms with E-state index in [1.807, 2.05) is 12.1 Å². The van der Waals surface area contributed by atoms with Gasteiger partial charge in [-0.25, -0.2) is 0 Å². The molecule has 2 N–H and O–H groups in total. The van der Waals surface area contributed by atoms with E-state index in [0.29, 0.717) is 31.4 Å². The van der Waals surface area contributed by atoms with Crippen LogP contribution >= 0.6 is 0 Å². The zero-order valence-electron chi connectivity index (χ0n) is 16.4. The van der Waals surface area contributed by atoms with Crippen LogP contribution < -0.4 is 4.74 Å². The number of fused-ring (bicyclic) bond motifs is 2. The Kier molecular flexibility index (Phi) is 6.07. The number of aliphatic hydroxyl groups excluding tert-OH is 1. The number of hydrogen-bond donors (Lipinski definition) is 2. The second-order valence-electron chi connectivity index (χ2n) is 7.88. The topological polar surface area (TPSA) is 65.4 Å². The third kappa shape index (κ3) is 4.45. The normalized spacial score (nSPS) is 20.1. The number of unbranched alkanes of at least 4 members (excludes halogenated alkanes) is 3. The molecule has 0 saturated carbocycles. The fourth-order valence-corrected chi connectivity index (χ4v) is 4.15. The highest BCUT2D eigenvalue weighted by atomic mass is 16.5. The van der Waals surface area contributed by atoms with Gasteiger partial charge in [-0.15, -0.1) is 0 Å². The van der Waals surface area contributed by atoms with Crippen LogP contribution in [-0.2, 0) is 11.3 Å². The van der Waals surface area contributed by atoms with Crippen LogP contribution in [-0.4, -0.2) is 53.1 Å². The van der Waals surface area contributed by atoms with Crippen LogP contribution in [0.2, 0.25) is 0 Å². The van der Waals surface area contributed by atoms with Crippen molar-refractivity contribution in [1.29, 1.82) is 0 Å². The van der Waals surface area contributed by atoms with Gasteiger partial charge in [0.2, 0.25) is 0 Å². The number of phenols is 1. The van der Waals surface area contributed by atoms with E-state index < -0.39 is 0 Å². The molecule has 1 saturated heterocycles. The zero-order chi connectivity index (χ0) is 19.3. The predicted molar refractivity (Wildman–Crippen MR) is 107 cm³/mol. The van der Waals surface area contributed by atoms with Crippen molar-refractivity contribution in [3.63, 3.8) is 0 Å². The van der Waals surface area contributed by atoms with Crippen LogP contribution in [0.25, 0.3) is 0 Å². The lowest BCUT2D eigenvalue weighted by molar-refractivity contribution is 0.0461. The molecule has 1 aromatic carbocycles. The molecule has 2 aliphatic heterocycles. The van der Waals surface area contributed by atoms with Gasteiger partial charge in [0.1, 0.15) is 19.2 Å². The number of aromatic hydroxyl groups is 1. The summed E-state index contributed by atoms with van der Waals surface area (Å²) in [5, 5.41) is 19.7. The molecular formula is C22H30N2O4. The lowest BCUT2D eigenvalue weighted by atomic mass is 10.0. The average Bonchev–Trinajstić information content (AvgIpc) is 2.71. The molecule has 0 spiro atoms. The molecule has 1 fully saturated rings. The maximum atomic E-state index is 9.91. The summed E-state index contributed by atoms with van der Waals surface area (Å²) < 4.78 is 11.5. The van der Waals surface area contributed by atoms with Gasteiger partial charge >= 0.3 is 0 Å². The third-order valence-corrected chi connectivity index (χ3v) is 5.67. The first-order valence-corrected chi connectivity index (χ1v) is 10.3. The Morgan fingerprint density at radius 1 is 0.893 bits per heavy atom. The largest absolute Gasteiger partial charge is 0.508 e. The molecule has 0 atom stereocenters. The van der Waals surface area contributed by atoms with Crippen molar-refractivity contribution in [3.05, 3.63) is 46.9 Å². The summed E-state index contributed by atoms with van der Waals surface area (Å²) in [4.78, 5) is 4.60. The summed E-state index contributed by atoms with van der Waals surface area (Å²) in [6.45, 7) is 4.90. The van der Waals surface area contributed by atoms with Crippen LogP contribution in [0.3, 0.4) is 0 Å². The van der Waals surface area contributed by atoms with Gasteiger partial charge in [-0.05, 0) is 25.3 Å². The number of phenolic OH excluding ortho intramolecular Hbond substituents is 1. The van der Waals surface area contributed by atoms with Crippen molar-refractivity contribution < 1.29 is 19.7 Å². The number of para-hydroxylation sites is 1. The molecule has 4 rings (SSSR count). The van der Waals surface area contributed by atoms with E-state index in [1.54, 1.807) is 6.07 Å². The first-order valence-electron chi connectivity index (χ1n) is 10.3. The maximum Gasteiger partial charge on any atom is 0.167 e. The number of benzene rings is 1. The van der Waals surface area contributed by atoms with Gasteiger partial charge in [-0.1, -0.05) is 31.1 Å². The van der Waals surface area contributed by atoms with E-state index in [4.69, 9.17) is 9.47 Å². The lowest BCUT2D eigenvalue weighted by Crippen LogP contribution is -2.35. The van der Waals surface area contributed by atoms with Gasteiger partial charge in [-0.2, -0.15) is 0 Å². The number of nitrogens with zero attached hydrogens (tertiary/aromatic N) is 2. The van der Waals surface area contributed by atoms with Gasteiger partial charge in [-0.3, -0.25) is 9.80 Å². The SMILES string of the molecule is OC1=C2OCN(CCCCCCN3COc4c(O)cccc4C3)CC2=CCC1. The first-order chi connectivity index (χ1) is 13.7. The predicted octanol–water partition coefficient (Wildman–Crippen LogP) is 3.88. The summed E-state index contributed by atoms with van der Waals surface area (Å²) in [5.41, 5.74) is 2.21. The van der Waals surface area contributed by atoms with Crippen molar-refractivity contribution in [2.45, 2.75) is 45.1 Å². The fraction of sp³-hybridized carbons (Fsp3) is 0.545. The highest BCUT2D eigenvalue weighted by molar-refractivity contribution is 5.46. The minimum absolute atomic E-state index is 0.237. The smallest absolute Gasteiger partial charge is 0.167 e. The van der Waals surface area contributed by atoms with Gasteiger partial charge in [0, 0.05) is 43.7 Å². The first kappa shape index (κ1) is 19.2. The number of hydrogen-bond acceptors (Lipinski definition) is 6. The van der Waals surface area contributed by atoms with Crippen molar-refractivity contribution in [3.8, 4) is 11.5 Å². The van der Waals surface area contributed by atoms with E-state index in [9.17, 15) is 10.2 Å². The summed E-state index contributed by atoms with van der Waals surface area (Å²) >= 11 is 0. The summed E-state index contributed by atoms with van der Waals surface area (Å²) in [6, 6.07) is 5.56. The van der Waals surface area contributed by atoms with Crippen molar-refractivity contribution in [2.24, 2.45) is 0 Å². The maximum absolute atomic E-state index is 9.91. The highest BCUT2D eigenvalue weighted by Crippen LogP contribution is 2.33. The zero-order valence-corrected chi connectivity index (χ0v) is 16.4. The Bertz CT molecular complexity index is 759. The second kappa shape index (κ2) is 8.88. The average molecular weight is 386 g/mol. The Morgan fingerprint density at radius 2 is 1.64 bits per heavy atom. The molecule has 3 aliphatic rings. The molecule has 6 heteroatoms. The number of ether oxygens (including phenoxy) is 2. The summed E-state index contributed by atoms with van der Waals surface area (Å²) in [7, 11) is 0. The van der Waals surface area contributed by atoms with E-state index in [0.717, 1.165) is 62.3 Å². The highest BCUT2D eigenvalue weighted by Gasteiger charge is 2.24. The van der Waals surface area contributed by atoms with E-state index in [1.165, 1.54) is 12.8 Å². The number of rotatable bonds is 7. The summed E-state index contributed by atoms with van der Waals surface area (Å²) in [5.74, 6) is 2.01. The molecule has 1 aliphatic carbocycles. The second-order valence-corrected chi connectivity index (χ2v) is 7.88. The van der Waals surface area contributed by atoms with E-state index >= 15 is 0 Å². The molecular weight excluding hydrogens is 356 g/mol. The van der Waals surface area contributed by atoms with Crippen molar-refractivity contribution in [1.82, 2.24) is 9.80 Å². The van der Waals surface area contributed by atoms with Gasteiger partial charge < -0.3 is 19.7 Å². The van der Waals surface area contributed by atoms with Crippen LogP contribution in [0.1, 0.15) is 44.1 Å². The monoisotopic (exact) mass is 386 g/mol. The van der Waals surface area contributed by atoms with E-state index in [-0.39, 0.29) is 5.75 Å². The minimum atomic E-state index is 0.237. The number of allylic oxidation sites excluding steroid dienone is 2. The summed E-state index contributed by atoms with van der Waals surface area (Å²) in [6.07, 6.45) is 8.52. The third-order valence-electron chi connectivity index (χ3n) is 5.67. The van der Waals surface area contributed by atoms with Crippen molar-refractivity contribution in [2.75, 3.05) is 33.1 Å². The molecule has 0 amide bonds. The fourth-order valence-electron chi connectivity index (χ4n) is 4.15. The molecule has 2 heterocycles. The lowest BCUT2D eigenvalue weighted by Gasteiger charge is -2.32. The molecule has 0 radical (unpaired) electrons. The molecule has 1 aromatic rings. The van der Waals surface area contributed by atoms with Crippen LogP contribution in [0.15, 0.2) is 41.4 Å².